The Bertz CT molecular complexity index is 2490. The van der Waals surface area contributed by atoms with Crippen LogP contribution in [-0.2, 0) is 65.1 Å². The van der Waals surface area contributed by atoms with E-state index in [4.69, 9.17) is 15.5 Å². The average Bonchev–Trinajstić information content (AvgIpc) is 3.60. The van der Waals surface area contributed by atoms with E-state index in [1.807, 2.05) is 18.2 Å². The van der Waals surface area contributed by atoms with E-state index in [0.717, 1.165) is 11.1 Å². The molecule has 0 saturated heterocycles. The predicted molar refractivity (Wildman–Crippen MR) is 211 cm³/mol. The minimum Gasteiger partial charge on any atom is -0.458 e. The summed E-state index contributed by atoms with van der Waals surface area (Å²) in [6.45, 7) is 2.45. The number of hydrogen-bond acceptors (Lipinski definition) is 11. The van der Waals surface area contributed by atoms with Gasteiger partial charge in [-0.15, -0.1) is 0 Å². The van der Waals surface area contributed by atoms with Gasteiger partial charge in [-0.3, -0.25) is 28.8 Å². The molecule has 0 fully saturated rings. The summed E-state index contributed by atoms with van der Waals surface area (Å²) < 4.78 is 22.0. The molecule has 3 atom stereocenters. The maximum Gasteiger partial charge on any atom is 0.343 e. The molecule has 4 aromatic rings. The second kappa shape index (κ2) is 16.6. The number of aromatic nitrogens is 2. The lowest BCUT2D eigenvalue weighted by molar-refractivity contribution is -0.172. The van der Waals surface area contributed by atoms with Gasteiger partial charge in [0.1, 0.15) is 18.2 Å². The number of cyclic esters (lactones) is 1. The van der Waals surface area contributed by atoms with Gasteiger partial charge < -0.3 is 36.1 Å². The van der Waals surface area contributed by atoms with Crippen molar-refractivity contribution >= 4 is 46.2 Å². The maximum atomic E-state index is 15.3. The molecule has 6 N–H and O–H groups in total. The Morgan fingerprint density at radius 1 is 1.02 bits per heavy atom. The van der Waals surface area contributed by atoms with Crippen LogP contribution in [0, 0.1) is 12.7 Å². The van der Waals surface area contributed by atoms with E-state index in [0.29, 0.717) is 51.8 Å². The number of nitrogens with two attached hydrogens (primary N) is 1. The van der Waals surface area contributed by atoms with Gasteiger partial charge in [-0.2, -0.15) is 0 Å². The van der Waals surface area contributed by atoms with Crippen LogP contribution in [0.2, 0.25) is 0 Å². The molecule has 3 amide bonds. The van der Waals surface area contributed by atoms with Crippen LogP contribution in [0.3, 0.4) is 0 Å². The summed E-state index contributed by atoms with van der Waals surface area (Å²) in [5.41, 5.74) is 7.45. The maximum absolute atomic E-state index is 15.3. The van der Waals surface area contributed by atoms with Crippen molar-refractivity contribution in [2.75, 3.05) is 13.1 Å². The Hall–Kier alpha value is -6.13. The number of aliphatic hydroxyl groups is 1. The predicted octanol–water partition coefficient (Wildman–Crippen LogP) is 2.13. The smallest absolute Gasteiger partial charge is 0.343 e. The first-order valence-electron chi connectivity index (χ1n) is 19.7. The molecule has 2 aromatic carbocycles. The first-order chi connectivity index (χ1) is 28.2. The van der Waals surface area contributed by atoms with Gasteiger partial charge in [0, 0.05) is 48.3 Å². The molecule has 0 bridgehead atoms. The third-order valence-corrected chi connectivity index (χ3v) is 11.6. The highest BCUT2D eigenvalue weighted by Gasteiger charge is 2.46. The molecule has 7 rings (SSSR count). The highest BCUT2D eigenvalue weighted by Crippen LogP contribution is 2.46. The molecule has 15 nitrogen and oxygen atoms in total. The normalized spacial score (nSPS) is 17.9. The van der Waals surface area contributed by atoms with Crippen molar-refractivity contribution < 1.29 is 43.0 Å². The zero-order valence-corrected chi connectivity index (χ0v) is 32.7. The summed E-state index contributed by atoms with van der Waals surface area (Å²) in [5.74, 6) is -3.57. The second-order valence-electron chi connectivity index (χ2n) is 15.3. The number of carbonyl (C=O) groups excluding carboxylic acids is 6. The van der Waals surface area contributed by atoms with Gasteiger partial charge in [-0.05, 0) is 60.9 Å². The van der Waals surface area contributed by atoms with Crippen molar-refractivity contribution in [2.24, 2.45) is 5.73 Å². The minimum atomic E-state index is -2.03. The largest absolute Gasteiger partial charge is 0.458 e. The SMILES string of the molecule is CC[C@@]1(O)C(=O)OCc2c1cc1n(c2=O)Cc2c-1nc1cc(F)c(C)c3c1c2[C@@H](NC(=O)CNC(=O)CCC(=O)[C@H](Cc1ccccc1)NC(=O)CCC(=O)CN)CC3. The van der Waals surface area contributed by atoms with Gasteiger partial charge in [-0.25, -0.2) is 14.2 Å². The monoisotopic (exact) mass is 808 g/mol. The van der Waals surface area contributed by atoms with Crippen LogP contribution >= 0.6 is 0 Å². The van der Waals surface area contributed by atoms with Crippen LogP contribution in [0.1, 0.15) is 90.4 Å². The first-order valence-corrected chi connectivity index (χ1v) is 19.7. The van der Waals surface area contributed by atoms with Crippen LogP contribution in [0.15, 0.2) is 47.3 Å². The van der Waals surface area contributed by atoms with Crippen molar-refractivity contribution in [3.8, 4) is 11.4 Å². The Balaban J connectivity index is 1.07. The molecule has 1 aliphatic carbocycles. The summed E-state index contributed by atoms with van der Waals surface area (Å²) in [4.78, 5) is 95.4. The third-order valence-electron chi connectivity index (χ3n) is 11.6. The lowest BCUT2D eigenvalue weighted by Crippen LogP contribution is -2.44. The fourth-order valence-corrected chi connectivity index (χ4v) is 8.34. The molecular weight excluding hydrogens is 764 g/mol. The average molecular weight is 809 g/mol. The number of pyridine rings is 2. The molecular formula is C43H45FN6O9. The molecule has 0 radical (unpaired) electrons. The molecule has 0 unspecified atom stereocenters. The van der Waals surface area contributed by atoms with Gasteiger partial charge in [0.05, 0.1) is 54.2 Å². The molecule has 3 aliphatic rings. The summed E-state index contributed by atoms with van der Waals surface area (Å²) in [7, 11) is 0. The number of esters is 1. The lowest BCUT2D eigenvalue weighted by atomic mass is 9.81. The van der Waals surface area contributed by atoms with E-state index in [-0.39, 0.29) is 75.1 Å². The van der Waals surface area contributed by atoms with E-state index in [1.165, 1.54) is 10.6 Å². The van der Waals surface area contributed by atoms with Crippen molar-refractivity contribution in [3.05, 3.63) is 97.6 Å². The highest BCUT2D eigenvalue weighted by atomic mass is 19.1. The van der Waals surface area contributed by atoms with Gasteiger partial charge in [-0.1, -0.05) is 37.3 Å². The third kappa shape index (κ3) is 7.89. The zero-order valence-electron chi connectivity index (χ0n) is 32.7. The van der Waals surface area contributed by atoms with E-state index in [9.17, 15) is 38.7 Å². The van der Waals surface area contributed by atoms with Crippen molar-refractivity contribution in [3.63, 3.8) is 0 Å². The number of nitrogens with zero attached hydrogens (tertiary/aromatic N) is 2. The summed E-state index contributed by atoms with van der Waals surface area (Å²) in [5, 5.41) is 20.2. The van der Waals surface area contributed by atoms with Crippen molar-refractivity contribution in [2.45, 2.75) is 96.1 Å². The summed E-state index contributed by atoms with van der Waals surface area (Å²) in [6.07, 6.45) is 0.287. The first kappa shape index (κ1) is 41.0. The Morgan fingerprint density at radius 3 is 2.49 bits per heavy atom. The van der Waals surface area contributed by atoms with Gasteiger partial charge in [0.25, 0.3) is 5.56 Å². The number of fused-ring (bicyclic) bond motifs is 5. The fourth-order valence-electron chi connectivity index (χ4n) is 8.34. The molecule has 2 aromatic heterocycles. The number of aryl methyl sites for hydroxylation is 1. The molecule has 4 heterocycles. The molecule has 0 saturated carbocycles. The number of ether oxygens (including phenoxy) is 1. The number of amides is 3. The fraction of sp³-hybridized carbons (Fsp3) is 0.395. The standard InChI is InChI=1S/C43H45FN6O9/c1-3-43(58)28-16-33-40-26(20-50(33)41(56)27(28)21-59-42(43)57)39-30(11-10-25-22(2)29(44)17-32(49-40)38(25)39)47-37(55)19-46-35(53)14-12-34(52)31(15-23-7-5-4-6-8-23)48-36(54)13-9-24(51)18-45/h4-8,16-17,30-31,58H,3,9-15,18-21,45H2,1-2H3,(H,46,53)(H,47,55)(H,48,54)/t30-,31-,43-/m0/s1. The lowest BCUT2D eigenvalue weighted by Gasteiger charge is -2.31. The number of rotatable bonds is 15. The molecule has 16 heteroatoms. The quantitative estimate of drug-likeness (QED) is 0.0963. The Morgan fingerprint density at radius 2 is 1.76 bits per heavy atom. The number of halogens is 1. The summed E-state index contributed by atoms with van der Waals surface area (Å²) in [6, 6.07) is 10.4. The van der Waals surface area contributed by atoms with Crippen LogP contribution in [-0.4, -0.2) is 69.0 Å². The van der Waals surface area contributed by atoms with Crippen LogP contribution < -0.4 is 27.2 Å². The highest BCUT2D eigenvalue weighted by molar-refractivity contribution is 5.95. The number of carbonyl (C=O) groups is 6. The van der Waals surface area contributed by atoms with Crippen molar-refractivity contribution in [1.29, 1.82) is 0 Å². The Labute approximate surface area is 337 Å². The molecule has 0 spiro atoms. The second-order valence-corrected chi connectivity index (χ2v) is 15.3. The van der Waals surface area contributed by atoms with Crippen LogP contribution in [0.4, 0.5) is 4.39 Å². The topological polar surface area (TPSA) is 229 Å². The minimum absolute atomic E-state index is 0.0349. The van der Waals surface area contributed by atoms with Gasteiger partial charge >= 0.3 is 5.97 Å². The molecule has 2 aliphatic heterocycles. The van der Waals surface area contributed by atoms with Crippen molar-refractivity contribution in [1.82, 2.24) is 25.5 Å². The number of nitrogens with one attached hydrogen (secondary N) is 3. The number of ketones is 2. The van der Waals surface area contributed by atoms with E-state index < -0.39 is 65.1 Å². The number of hydrogen-bond donors (Lipinski definition) is 5. The molecule has 308 valence electrons. The van der Waals surface area contributed by atoms with Crippen LogP contribution in [0.5, 0.6) is 0 Å². The van der Waals surface area contributed by atoms with E-state index >= 15 is 4.39 Å². The Kier molecular flexibility index (Phi) is 11.6. The summed E-state index contributed by atoms with van der Waals surface area (Å²) >= 11 is 0. The number of Topliss-reactive ketones (excluding diaryl/α,β-unsaturated/α-hetero) is 2. The molecule has 59 heavy (non-hydrogen) atoms. The van der Waals surface area contributed by atoms with Crippen LogP contribution in [0.25, 0.3) is 22.3 Å². The van der Waals surface area contributed by atoms with E-state index in [2.05, 4.69) is 16.0 Å². The van der Waals surface area contributed by atoms with E-state index in [1.54, 1.807) is 32.0 Å². The zero-order chi connectivity index (χ0) is 42.2. The van der Waals surface area contributed by atoms with Gasteiger partial charge in [0.15, 0.2) is 11.4 Å². The number of benzene rings is 2. The van der Waals surface area contributed by atoms with Gasteiger partial charge in [0.2, 0.25) is 17.7 Å².